The van der Waals surface area contributed by atoms with Crippen molar-refractivity contribution in [3.63, 3.8) is 0 Å². The number of hydrogen-bond donors (Lipinski definition) is 1. The van der Waals surface area contributed by atoms with Gasteiger partial charge in [-0.25, -0.2) is 0 Å². The monoisotopic (exact) mass is 316 g/mol. The van der Waals surface area contributed by atoms with E-state index in [1.165, 1.54) is 0 Å². The molecule has 0 radical (unpaired) electrons. The Hall–Kier alpha value is -1.85. The average molecular weight is 316 g/mol. The highest BCUT2D eigenvalue weighted by molar-refractivity contribution is 5.32. The molecule has 2 heterocycles. The van der Waals surface area contributed by atoms with E-state index in [4.69, 9.17) is 9.26 Å². The van der Waals surface area contributed by atoms with Gasteiger partial charge in [0.25, 0.3) is 0 Å². The first-order valence-corrected chi connectivity index (χ1v) is 8.05. The number of nitrogens with zero attached hydrogens (tertiary/aromatic N) is 2. The first-order chi connectivity index (χ1) is 11.0. The molecule has 1 aliphatic rings. The number of hydrogen-bond acceptors (Lipinski definition) is 5. The third-order valence-corrected chi connectivity index (χ3v) is 4.67. The number of likely N-dealkylation sites (N-methyl/N-ethyl adjacent to an activating group) is 1. The van der Waals surface area contributed by atoms with Gasteiger partial charge in [-0.3, -0.25) is 0 Å². The second-order valence-electron chi connectivity index (χ2n) is 6.53. The van der Waals surface area contributed by atoms with E-state index in [2.05, 4.69) is 17.1 Å². The molecule has 1 fully saturated rings. The van der Waals surface area contributed by atoms with Gasteiger partial charge < -0.3 is 19.3 Å². The zero-order chi connectivity index (χ0) is 16.4. The Kier molecular flexibility index (Phi) is 4.41. The number of ether oxygens (including phenoxy) is 1. The topological polar surface area (TPSA) is 58.7 Å². The van der Waals surface area contributed by atoms with E-state index in [-0.39, 0.29) is 6.04 Å². The summed E-state index contributed by atoms with van der Waals surface area (Å²) >= 11 is 0. The van der Waals surface area contributed by atoms with Crippen molar-refractivity contribution >= 4 is 0 Å². The van der Waals surface area contributed by atoms with Crippen molar-refractivity contribution in [2.75, 3.05) is 13.6 Å². The zero-order valence-electron chi connectivity index (χ0n) is 14.0. The number of benzene rings is 1. The Morgan fingerprint density at radius 2 is 2.13 bits per heavy atom. The first kappa shape index (κ1) is 16.0. The Bertz CT molecular complexity index is 649. The largest absolute Gasteiger partial charge is 0.486 e. The second-order valence-corrected chi connectivity index (χ2v) is 6.53. The van der Waals surface area contributed by atoms with E-state index in [9.17, 15) is 5.11 Å². The molecule has 2 aromatic rings. The minimum atomic E-state index is -0.855. The van der Waals surface area contributed by atoms with Crippen molar-refractivity contribution in [3.05, 3.63) is 47.3 Å². The lowest BCUT2D eigenvalue weighted by atomic mass is 9.87. The molecule has 1 saturated heterocycles. The van der Waals surface area contributed by atoms with Gasteiger partial charge in [0.05, 0.1) is 5.69 Å². The molecule has 1 aliphatic heterocycles. The molecule has 0 bridgehead atoms. The van der Waals surface area contributed by atoms with Crippen molar-refractivity contribution in [2.24, 2.45) is 0 Å². The minimum Gasteiger partial charge on any atom is -0.486 e. The molecule has 3 rings (SSSR count). The Morgan fingerprint density at radius 3 is 2.70 bits per heavy atom. The highest BCUT2D eigenvalue weighted by atomic mass is 16.5. The number of likely N-dealkylation sites (tertiary alicyclic amines) is 1. The van der Waals surface area contributed by atoms with E-state index in [1.807, 2.05) is 44.2 Å². The van der Waals surface area contributed by atoms with Crippen LogP contribution < -0.4 is 4.74 Å². The molecule has 1 N–H and O–H groups in total. The second kappa shape index (κ2) is 6.34. The molecule has 2 atom stereocenters. The van der Waals surface area contributed by atoms with E-state index < -0.39 is 5.60 Å². The SMILES string of the molecule is Cc1cc(COc2ccc(C(C)(O)[C@H]3CCCN3C)cc2)on1. The van der Waals surface area contributed by atoms with Crippen LogP contribution in [-0.2, 0) is 12.2 Å². The third kappa shape index (κ3) is 3.41. The minimum absolute atomic E-state index is 0.159. The molecule has 0 aliphatic carbocycles. The summed E-state index contributed by atoms with van der Waals surface area (Å²) in [6, 6.07) is 9.67. The molecule has 23 heavy (non-hydrogen) atoms. The van der Waals surface area contributed by atoms with Gasteiger partial charge in [-0.05, 0) is 58.0 Å². The van der Waals surface area contributed by atoms with Gasteiger partial charge in [0.15, 0.2) is 5.76 Å². The Morgan fingerprint density at radius 1 is 1.39 bits per heavy atom. The predicted molar refractivity (Wildman–Crippen MR) is 87.2 cm³/mol. The summed E-state index contributed by atoms with van der Waals surface area (Å²) in [5, 5.41) is 14.8. The average Bonchev–Trinajstić information content (AvgIpc) is 3.14. The molecule has 5 heteroatoms. The maximum atomic E-state index is 11.0. The van der Waals surface area contributed by atoms with Crippen LogP contribution in [0, 0.1) is 6.92 Å². The van der Waals surface area contributed by atoms with Crippen LogP contribution >= 0.6 is 0 Å². The van der Waals surface area contributed by atoms with Crippen LogP contribution in [0.5, 0.6) is 5.75 Å². The lowest BCUT2D eigenvalue weighted by Crippen LogP contribution is -2.43. The van der Waals surface area contributed by atoms with Gasteiger partial charge in [0.2, 0.25) is 0 Å². The lowest BCUT2D eigenvalue weighted by molar-refractivity contribution is -0.0153. The van der Waals surface area contributed by atoms with E-state index in [0.717, 1.165) is 36.4 Å². The highest BCUT2D eigenvalue weighted by Crippen LogP contribution is 2.34. The zero-order valence-corrected chi connectivity index (χ0v) is 14.0. The smallest absolute Gasteiger partial charge is 0.174 e. The normalized spacial score (nSPS) is 21.3. The molecule has 124 valence electrons. The molecule has 1 unspecified atom stereocenters. The van der Waals surface area contributed by atoms with Crippen molar-refractivity contribution in [1.29, 1.82) is 0 Å². The standard InChI is InChI=1S/C18H24N2O3/c1-13-11-16(23-19-13)12-22-15-8-6-14(7-9-15)18(2,21)17-5-4-10-20(17)3/h6-9,11,17,21H,4-5,10,12H2,1-3H3/t17-,18?/m1/s1. The van der Waals surface area contributed by atoms with E-state index in [1.54, 1.807) is 0 Å². The fourth-order valence-electron chi connectivity index (χ4n) is 3.34. The van der Waals surface area contributed by atoms with Crippen LogP contribution in [0.15, 0.2) is 34.9 Å². The van der Waals surface area contributed by atoms with E-state index in [0.29, 0.717) is 12.4 Å². The number of aliphatic hydroxyl groups is 1. The molecular weight excluding hydrogens is 292 g/mol. The third-order valence-electron chi connectivity index (χ3n) is 4.67. The van der Waals surface area contributed by atoms with Crippen molar-refractivity contribution in [1.82, 2.24) is 10.1 Å². The number of aromatic nitrogens is 1. The quantitative estimate of drug-likeness (QED) is 0.919. The summed E-state index contributed by atoms with van der Waals surface area (Å²) in [6.07, 6.45) is 2.15. The van der Waals surface area contributed by atoms with Crippen LogP contribution in [0.1, 0.15) is 36.8 Å². The summed E-state index contributed by atoms with van der Waals surface area (Å²) in [5.74, 6) is 1.45. The summed E-state index contributed by atoms with van der Waals surface area (Å²) in [7, 11) is 2.07. The fraction of sp³-hybridized carbons (Fsp3) is 0.500. The van der Waals surface area contributed by atoms with Gasteiger partial charge in [-0.1, -0.05) is 17.3 Å². The molecular formula is C18H24N2O3. The van der Waals surface area contributed by atoms with Crippen LogP contribution in [-0.4, -0.2) is 34.8 Å². The Balaban J connectivity index is 1.66. The highest BCUT2D eigenvalue weighted by Gasteiger charge is 2.38. The van der Waals surface area contributed by atoms with Gasteiger partial charge in [-0.2, -0.15) is 0 Å². The molecule has 0 spiro atoms. The first-order valence-electron chi connectivity index (χ1n) is 8.05. The number of rotatable bonds is 5. The predicted octanol–water partition coefficient (Wildman–Crippen LogP) is 2.86. The molecule has 0 saturated carbocycles. The van der Waals surface area contributed by atoms with E-state index >= 15 is 0 Å². The summed E-state index contributed by atoms with van der Waals surface area (Å²) in [4.78, 5) is 2.23. The molecule has 0 amide bonds. The van der Waals surface area contributed by atoms with Gasteiger partial charge in [0, 0.05) is 12.1 Å². The number of aryl methyl sites for hydroxylation is 1. The summed E-state index contributed by atoms with van der Waals surface area (Å²) in [6.45, 7) is 5.16. The molecule has 1 aromatic heterocycles. The van der Waals surface area contributed by atoms with Gasteiger partial charge >= 0.3 is 0 Å². The molecule has 1 aromatic carbocycles. The van der Waals surface area contributed by atoms with Gasteiger partial charge in [-0.15, -0.1) is 0 Å². The summed E-state index contributed by atoms with van der Waals surface area (Å²) < 4.78 is 10.8. The Labute approximate surface area is 136 Å². The van der Waals surface area contributed by atoms with Crippen molar-refractivity contribution in [2.45, 2.75) is 44.9 Å². The van der Waals surface area contributed by atoms with Gasteiger partial charge in [0.1, 0.15) is 18.0 Å². The maximum Gasteiger partial charge on any atom is 0.174 e. The van der Waals surface area contributed by atoms with Crippen LogP contribution in [0.25, 0.3) is 0 Å². The summed E-state index contributed by atoms with van der Waals surface area (Å²) in [5.41, 5.74) is 0.904. The molecule has 5 nitrogen and oxygen atoms in total. The van der Waals surface area contributed by atoms with Crippen molar-refractivity contribution < 1.29 is 14.4 Å². The van der Waals surface area contributed by atoms with Crippen LogP contribution in [0.3, 0.4) is 0 Å². The van der Waals surface area contributed by atoms with Crippen molar-refractivity contribution in [3.8, 4) is 5.75 Å². The lowest BCUT2D eigenvalue weighted by Gasteiger charge is -2.35. The van der Waals surface area contributed by atoms with Crippen LogP contribution in [0.4, 0.5) is 0 Å². The fourth-order valence-corrected chi connectivity index (χ4v) is 3.34. The maximum absolute atomic E-state index is 11.0. The van der Waals surface area contributed by atoms with Crippen LogP contribution in [0.2, 0.25) is 0 Å².